The standard InChI is InChI=1S/C27H29FN6O2S2/c1-4-29-27-33-24(17-13-19(35-2)16-20(14-17)36-3)25(38-27)22-7-8-30-26(32-22)31-18-5-6-23(21(28)15-18)34-9-11-37-12-10-34/h5-8,13-16H,4,9-12H2,1-3H3,(H,29,33)(H,30,31,32). The van der Waals surface area contributed by atoms with Crippen LogP contribution in [0.3, 0.4) is 0 Å². The highest BCUT2D eigenvalue weighted by Gasteiger charge is 2.19. The summed E-state index contributed by atoms with van der Waals surface area (Å²) in [6.45, 7) is 4.47. The first-order valence-corrected chi connectivity index (χ1v) is 14.3. The zero-order chi connectivity index (χ0) is 26.5. The second-order valence-electron chi connectivity index (χ2n) is 8.48. The molecule has 198 valence electrons. The Morgan fingerprint density at radius 3 is 2.45 bits per heavy atom. The molecule has 1 aliphatic rings. The van der Waals surface area contributed by atoms with E-state index in [2.05, 4.69) is 20.5 Å². The van der Waals surface area contributed by atoms with E-state index < -0.39 is 0 Å². The van der Waals surface area contributed by atoms with Crippen LogP contribution in [-0.2, 0) is 0 Å². The van der Waals surface area contributed by atoms with Gasteiger partial charge in [0.25, 0.3) is 0 Å². The van der Waals surface area contributed by atoms with Crippen LogP contribution in [0.15, 0.2) is 48.7 Å². The zero-order valence-electron chi connectivity index (χ0n) is 21.5. The smallest absolute Gasteiger partial charge is 0.227 e. The van der Waals surface area contributed by atoms with E-state index >= 15 is 0 Å². The normalized spacial score (nSPS) is 13.3. The van der Waals surface area contributed by atoms with Crippen LogP contribution < -0.4 is 25.0 Å². The van der Waals surface area contributed by atoms with Crippen molar-refractivity contribution in [3.63, 3.8) is 0 Å². The molecule has 1 aliphatic heterocycles. The number of halogens is 1. The largest absolute Gasteiger partial charge is 0.497 e. The summed E-state index contributed by atoms with van der Waals surface area (Å²) in [6, 6.07) is 12.7. The SMILES string of the molecule is CCNc1nc(-c2cc(OC)cc(OC)c2)c(-c2ccnc(Nc3ccc(N4CCSCC4)c(F)c3)n2)s1. The molecule has 2 aromatic carbocycles. The van der Waals surface area contributed by atoms with Crippen LogP contribution in [-0.4, -0.2) is 60.3 Å². The number of thiazole rings is 1. The van der Waals surface area contributed by atoms with Crippen molar-refractivity contribution < 1.29 is 13.9 Å². The summed E-state index contributed by atoms with van der Waals surface area (Å²) in [5.41, 5.74) is 3.51. The third kappa shape index (κ3) is 5.78. The summed E-state index contributed by atoms with van der Waals surface area (Å²) in [7, 11) is 3.24. The molecule has 1 saturated heterocycles. The molecule has 2 aromatic heterocycles. The molecule has 0 spiro atoms. The summed E-state index contributed by atoms with van der Waals surface area (Å²) in [5, 5.41) is 7.23. The van der Waals surface area contributed by atoms with E-state index in [0.717, 1.165) is 52.4 Å². The minimum atomic E-state index is -0.259. The average Bonchev–Trinajstić information content (AvgIpc) is 3.38. The van der Waals surface area contributed by atoms with Gasteiger partial charge in [0.15, 0.2) is 5.13 Å². The maximum absolute atomic E-state index is 15.0. The Balaban J connectivity index is 1.46. The number of nitrogens with one attached hydrogen (secondary N) is 2. The summed E-state index contributed by atoms with van der Waals surface area (Å²) < 4.78 is 25.9. The number of nitrogens with zero attached hydrogens (tertiary/aromatic N) is 4. The lowest BCUT2D eigenvalue weighted by Gasteiger charge is -2.28. The van der Waals surface area contributed by atoms with Crippen molar-refractivity contribution in [2.45, 2.75) is 6.92 Å². The molecule has 1 fully saturated rings. The zero-order valence-corrected chi connectivity index (χ0v) is 23.1. The first-order valence-electron chi connectivity index (χ1n) is 12.3. The second-order valence-corrected chi connectivity index (χ2v) is 10.7. The Morgan fingerprint density at radius 2 is 1.76 bits per heavy atom. The van der Waals surface area contributed by atoms with E-state index in [9.17, 15) is 4.39 Å². The van der Waals surface area contributed by atoms with Gasteiger partial charge in [-0.2, -0.15) is 11.8 Å². The van der Waals surface area contributed by atoms with Crippen molar-refractivity contribution in [1.29, 1.82) is 0 Å². The van der Waals surface area contributed by atoms with Crippen molar-refractivity contribution >= 4 is 45.6 Å². The third-order valence-corrected chi connectivity index (χ3v) is 8.00. The lowest BCUT2D eigenvalue weighted by Crippen LogP contribution is -2.33. The van der Waals surface area contributed by atoms with Gasteiger partial charge in [0.2, 0.25) is 5.95 Å². The minimum Gasteiger partial charge on any atom is -0.497 e. The summed E-state index contributed by atoms with van der Waals surface area (Å²) in [5.74, 6) is 3.47. The molecular formula is C27H29FN6O2S2. The van der Waals surface area contributed by atoms with Crippen LogP contribution in [0.5, 0.6) is 11.5 Å². The van der Waals surface area contributed by atoms with Gasteiger partial charge in [0.1, 0.15) is 17.3 Å². The van der Waals surface area contributed by atoms with E-state index in [1.807, 2.05) is 55.1 Å². The lowest BCUT2D eigenvalue weighted by atomic mass is 10.1. The first kappa shape index (κ1) is 26.1. The molecular weight excluding hydrogens is 523 g/mol. The highest BCUT2D eigenvalue weighted by atomic mass is 32.2. The highest BCUT2D eigenvalue weighted by molar-refractivity contribution is 7.99. The van der Waals surface area contributed by atoms with Gasteiger partial charge in [-0.05, 0) is 43.3 Å². The molecule has 11 heteroatoms. The van der Waals surface area contributed by atoms with Gasteiger partial charge in [-0.15, -0.1) is 0 Å². The molecule has 0 aliphatic carbocycles. The predicted octanol–water partition coefficient (Wildman–Crippen LogP) is 6.15. The minimum absolute atomic E-state index is 0.259. The Kier molecular flexibility index (Phi) is 8.14. The first-order chi connectivity index (χ1) is 18.6. The molecule has 5 rings (SSSR count). The van der Waals surface area contributed by atoms with E-state index in [0.29, 0.717) is 34.5 Å². The third-order valence-electron chi connectivity index (χ3n) is 6.02. The fraction of sp³-hybridized carbons (Fsp3) is 0.296. The average molecular weight is 553 g/mol. The van der Waals surface area contributed by atoms with Crippen LogP contribution in [0, 0.1) is 5.82 Å². The van der Waals surface area contributed by atoms with Gasteiger partial charge in [-0.1, -0.05) is 11.3 Å². The summed E-state index contributed by atoms with van der Waals surface area (Å²) in [6.07, 6.45) is 1.68. The number of methoxy groups -OCH3 is 2. The number of ether oxygens (including phenoxy) is 2. The molecule has 0 unspecified atom stereocenters. The van der Waals surface area contributed by atoms with Crippen LogP contribution >= 0.6 is 23.1 Å². The van der Waals surface area contributed by atoms with Gasteiger partial charge >= 0.3 is 0 Å². The van der Waals surface area contributed by atoms with Crippen LogP contribution in [0.1, 0.15) is 6.92 Å². The van der Waals surface area contributed by atoms with Gasteiger partial charge in [-0.3, -0.25) is 0 Å². The van der Waals surface area contributed by atoms with Crippen LogP contribution in [0.4, 0.5) is 26.8 Å². The van der Waals surface area contributed by atoms with E-state index in [1.165, 1.54) is 17.4 Å². The predicted molar refractivity (Wildman–Crippen MR) is 155 cm³/mol. The molecule has 4 aromatic rings. The molecule has 8 nitrogen and oxygen atoms in total. The molecule has 0 bridgehead atoms. The Bertz CT molecular complexity index is 1390. The van der Waals surface area contributed by atoms with Gasteiger partial charge in [-0.25, -0.2) is 19.3 Å². The summed E-state index contributed by atoms with van der Waals surface area (Å²) in [4.78, 5) is 16.9. The lowest BCUT2D eigenvalue weighted by molar-refractivity contribution is 0.394. The fourth-order valence-corrected chi connectivity index (χ4v) is 6.11. The van der Waals surface area contributed by atoms with Gasteiger partial charge in [0, 0.05) is 54.7 Å². The Morgan fingerprint density at radius 1 is 1.00 bits per heavy atom. The van der Waals surface area contributed by atoms with Crippen LogP contribution in [0.25, 0.3) is 21.8 Å². The fourth-order valence-electron chi connectivity index (χ4n) is 4.18. The number of hydrogen-bond acceptors (Lipinski definition) is 10. The molecule has 0 radical (unpaired) electrons. The van der Waals surface area contributed by atoms with E-state index in [1.54, 1.807) is 20.4 Å². The van der Waals surface area contributed by atoms with Crippen molar-refractivity contribution in [3.05, 3.63) is 54.5 Å². The van der Waals surface area contributed by atoms with Crippen molar-refractivity contribution in [2.75, 3.05) is 60.9 Å². The van der Waals surface area contributed by atoms with Crippen molar-refractivity contribution in [2.24, 2.45) is 0 Å². The van der Waals surface area contributed by atoms with Crippen molar-refractivity contribution in [3.8, 4) is 33.3 Å². The number of hydrogen-bond donors (Lipinski definition) is 2. The number of aromatic nitrogens is 3. The monoisotopic (exact) mass is 552 g/mol. The number of anilines is 4. The number of thioether (sulfide) groups is 1. The molecule has 3 heterocycles. The quantitative estimate of drug-likeness (QED) is 0.254. The molecule has 2 N–H and O–H groups in total. The Labute approximate surface area is 229 Å². The molecule has 0 atom stereocenters. The highest BCUT2D eigenvalue weighted by Crippen LogP contribution is 2.41. The van der Waals surface area contributed by atoms with E-state index in [-0.39, 0.29) is 5.82 Å². The topological polar surface area (TPSA) is 84.4 Å². The summed E-state index contributed by atoms with van der Waals surface area (Å²) >= 11 is 3.40. The van der Waals surface area contributed by atoms with E-state index in [4.69, 9.17) is 19.4 Å². The maximum atomic E-state index is 15.0. The molecule has 0 amide bonds. The van der Waals surface area contributed by atoms with Gasteiger partial charge in [0.05, 0.1) is 36.2 Å². The molecule has 0 saturated carbocycles. The number of benzene rings is 2. The Hall–Kier alpha value is -3.57. The van der Waals surface area contributed by atoms with Crippen LogP contribution in [0.2, 0.25) is 0 Å². The number of rotatable bonds is 9. The second kappa shape index (κ2) is 11.9. The maximum Gasteiger partial charge on any atom is 0.227 e. The molecule has 38 heavy (non-hydrogen) atoms. The van der Waals surface area contributed by atoms with Gasteiger partial charge < -0.3 is 25.0 Å². The van der Waals surface area contributed by atoms with Crippen molar-refractivity contribution in [1.82, 2.24) is 15.0 Å².